The lowest BCUT2D eigenvalue weighted by Gasteiger charge is -2.23. The Bertz CT molecular complexity index is 483. The summed E-state index contributed by atoms with van der Waals surface area (Å²) in [4.78, 5) is 2.29. The zero-order chi connectivity index (χ0) is 13.5. The molecule has 1 aliphatic heterocycles. The van der Waals surface area contributed by atoms with Gasteiger partial charge in [-0.05, 0) is 50.1 Å². The van der Waals surface area contributed by atoms with Crippen LogP contribution in [-0.4, -0.2) is 37.0 Å². The summed E-state index contributed by atoms with van der Waals surface area (Å²) in [5.74, 6) is 1.69. The average molecular weight is 263 g/mol. The maximum absolute atomic E-state index is 9.39. The van der Waals surface area contributed by atoms with E-state index in [0.717, 1.165) is 37.4 Å². The molecule has 19 heavy (non-hydrogen) atoms. The molecule has 1 saturated carbocycles. The van der Waals surface area contributed by atoms with E-state index in [4.69, 9.17) is 9.47 Å². The van der Waals surface area contributed by atoms with E-state index in [2.05, 4.69) is 24.9 Å². The molecule has 1 fully saturated rings. The highest BCUT2D eigenvalue weighted by atomic mass is 16.7. The topological polar surface area (TPSA) is 41.9 Å². The molecule has 0 atom stereocenters. The van der Waals surface area contributed by atoms with E-state index in [1.54, 1.807) is 0 Å². The van der Waals surface area contributed by atoms with Gasteiger partial charge in [0.2, 0.25) is 6.79 Å². The first-order valence-corrected chi connectivity index (χ1v) is 6.80. The molecule has 4 heteroatoms. The van der Waals surface area contributed by atoms with E-state index in [1.807, 2.05) is 6.07 Å². The molecular formula is C15H21NO3. The van der Waals surface area contributed by atoms with Crippen LogP contribution in [0.15, 0.2) is 12.1 Å². The van der Waals surface area contributed by atoms with Crippen molar-refractivity contribution in [2.45, 2.75) is 26.3 Å². The predicted octanol–water partition coefficient (Wildman–Crippen LogP) is 1.93. The summed E-state index contributed by atoms with van der Waals surface area (Å²) in [6.07, 6.45) is 2.29. The lowest BCUT2D eigenvalue weighted by atomic mass is 10.1. The van der Waals surface area contributed by atoms with Crippen molar-refractivity contribution in [3.63, 3.8) is 0 Å². The highest BCUT2D eigenvalue weighted by Gasteiger charge is 2.42. The Morgan fingerprint density at radius 3 is 2.58 bits per heavy atom. The fourth-order valence-electron chi connectivity index (χ4n) is 2.72. The van der Waals surface area contributed by atoms with Crippen LogP contribution in [0.25, 0.3) is 0 Å². The molecule has 0 amide bonds. The lowest BCUT2D eigenvalue weighted by molar-refractivity contribution is 0.160. The molecular weight excluding hydrogens is 242 g/mol. The number of fused-ring (bicyclic) bond motifs is 1. The number of hydrogen-bond acceptors (Lipinski definition) is 4. The molecule has 3 rings (SSSR count). The molecule has 1 aliphatic carbocycles. The quantitative estimate of drug-likeness (QED) is 0.881. The first kappa shape index (κ1) is 12.8. The van der Waals surface area contributed by atoms with Crippen LogP contribution in [-0.2, 0) is 6.54 Å². The van der Waals surface area contributed by atoms with E-state index in [9.17, 15) is 5.11 Å². The van der Waals surface area contributed by atoms with Gasteiger partial charge >= 0.3 is 0 Å². The fourth-order valence-corrected chi connectivity index (χ4v) is 2.72. The Balaban J connectivity index is 1.69. The summed E-state index contributed by atoms with van der Waals surface area (Å²) in [6.45, 7) is 4.56. The maximum atomic E-state index is 9.39. The Kier molecular flexibility index (Phi) is 3.15. The summed E-state index contributed by atoms with van der Waals surface area (Å²) in [6, 6.07) is 4.12. The van der Waals surface area contributed by atoms with Crippen molar-refractivity contribution in [1.29, 1.82) is 0 Å². The third-order valence-electron chi connectivity index (χ3n) is 4.17. The van der Waals surface area contributed by atoms with Crippen molar-refractivity contribution in [1.82, 2.24) is 4.90 Å². The van der Waals surface area contributed by atoms with E-state index in [1.165, 1.54) is 11.1 Å². The molecule has 0 saturated heterocycles. The second-order valence-corrected chi connectivity index (χ2v) is 5.96. The summed E-state index contributed by atoms with van der Waals surface area (Å²) in [5.41, 5.74) is 2.66. The van der Waals surface area contributed by atoms with Crippen molar-refractivity contribution in [2.24, 2.45) is 5.41 Å². The van der Waals surface area contributed by atoms with Crippen molar-refractivity contribution >= 4 is 0 Å². The van der Waals surface area contributed by atoms with Crippen LogP contribution in [0.4, 0.5) is 0 Å². The van der Waals surface area contributed by atoms with E-state index in [-0.39, 0.29) is 5.41 Å². The lowest BCUT2D eigenvalue weighted by Crippen LogP contribution is -2.28. The summed E-state index contributed by atoms with van der Waals surface area (Å²) in [5, 5.41) is 9.39. The first-order valence-electron chi connectivity index (χ1n) is 6.80. The SMILES string of the molecule is Cc1cc2c(cc1CN(C)CC1(CO)CC1)OCO2. The van der Waals surface area contributed by atoms with Gasteiger partial charge in [-0.3, -0.25) is 0 Å². The Morgan fingerprint density at radius 2 is 1.95 bits per heavy atom. The third-order valence-corrected chi connectivity index (χ3v) is 4.17. The van der Waals surface area contributed by atoms with Crippen LogP contribution in [0.5, 0.6) is 11.5 Å². The maximum Gasteiger partial charge on any atom is 0.231 e. The van der Waals surface area contributed by atoms with Crippen molar-refractivity contribution < 1.29 is 14.6 Å². The largest absolute Gasteiger partial charge is 0.454 e. The smallest absolute Gasteiger partial charge is 0.231 e. The van der Waals surface area contributed by atoms with Gasteiger partial charge in [-0.2, -0.15) is 0 Å². The Hall–Kier alpha value is -1.26. The van der Waals surface area contributed by atoms with E-state index < -0.39 is 0 Å². The molecule has 2 aliphatic rings. The number of aryl methyl sites for hydroxylation is 1. The zero-order valence-corrected chi connectivity index (χ0v) is 11.6. The van der Waals surface area contributed by atoms with Crippen molar-refractivity contribution in [3.8, 4) is 11.5 Å². The molecule has 0 unspecified atom stereocenters. The van der Waals surface area contributed by atoms with Gasteiger partial charge in [0.15, 0.2) is 11.5 Å². The third kappa shape index (κ3) is 2.55. The van der Waals surface area contributed by atoms with Gasteiger partial charge in [-0.15, -0.1) is 0 Å². The number of rotatable bonds is 5. The Labute approximate surface area is 113 Å². The van der Waals surface area contributed by atoms with Gasteiger partial charge < -0.3 is 19.5 Å². The van der Waals surface area contributed by atoms with Gasteiger partial charge in [-0.1, -0.05) is 0 Å². The van der Waals surface area contributed by atoms with Crippen LogP contribution in [0, 0.1) is 12.3 Å². The Morgan fingerprint density at radius 1 is 1.26 bits per heavy atom. The molecule has 1 aromatic rings. The van der Waals surface area contributed by atoms with Gasteiger partial charge in [0.1, 0.15) is 0 Å². The molecule has 1 heterocycles. The standard InChI is InChI=1S/C15H21NO3/c1-11-5-13-14(19-10-18-13)6-12(11)7-16(2)8-15(9-17)3-4-15/h5-6,17H,3-4,7-10H2,1-2H3. The molecule has 0 bridgehead atoms. The summed E-state index contributed by atoms with van der Waals surface area (Å²) in [7, 11) is 2.11. The average Bonchev–Trinajstić information content (AvgIpc) is 3.00. The summed E-state index contributed by atoms with van der Waals surface area (Å²) < 4.78 is 10.8. The predicted molar refractivity (Wildman–Crippen MR) is 72.4 cm³/mol. The number of aliphatic hydroxyl groups is 1. The van der Waals surface area contributed by atoms with Gasteiger partial charge in [0.05, 0.1) is 0 Å². The van der Waals surface area contributed by atoms with Crippen molar-refractivity contribution in [3.05, 3.63) is 23.3 Å². The van der Waals surface area contributed by atoms with Crippen molar-refractivity contribution in [2.75, 3.05) is 27.0 Å². The fraction of sp³-hybridized carbons (Fsp3) is 0.600. The molecule has 0 radical (unpaired) electrons. The van der Waals surface area contributed by atoms with Crippen LogP contribution in [0.2, 0.25) is 0 Å². The number of ether oxygens (including phenoxy) is 2. The molecule has 4 nitrogen and oxygen atoms in total. The second kappa shape index (κ2) is 4.69. The zero-order valence-electron chi connectivity index (χ0n) is 11.6. The van der Waals surface area contributed by atoms with Gasteiger partial charge in [-0.25, -0.2) is 0 Å². The van der Waals surface area contributed by atoms with Crippen LogP contribution in [0.1, 0.15) is 24.0 Å². The second-order valence-electron chi connectivity index (χ2n) is 5.96. The normalized spacial score (nSPS) is 18.9. The number of benzene rings is 1. The van der Waals surface area contributed by atoms with E-state index in [0.29, 0.717) is 13.4 Å². The molecule has 1 N–H and O–H groups in total. The first-order chi connectivity index (χ1) is 9.12. The minimum Gasteiger partial charge on any atom is -0.454 e. The van der Waals surface area contributed by atoms with Crippen LogP contribution in [0.3, 0.4) is 0 Å². The van der Waals surface area contributed by atoms with Crippen LogP contribution >= 0.6 is 0 Å². The summed E-state index contributed by atoms with van der Waals surface area (Å²) >= 11 is 0. The van der Waals surface area contributed by atoms with Gasteiger partial charge in [0, 0.05) is 25.1 Å². The minimum atomic E-state index is 0.166. The van der Waals surface area contributed by atoms with Crippen LogP contribution < -0.4 is 9.47 Å². The number of nitrogens with zero attached hydrogens (tertiary/aromatic N) is 1. The number of hydrogen-bond donors (Lipinski definition) is 1. The molecule has 104 valence electrons. The highest BCUT2D eigenvalue weighted by Crippen LogP contribution is 2.45. The molecule has 0 aromatic heterocycles. The van der Waals surface area contributed by atoms with E-state index >= 15 is 0 Å². The highest BCUT2D eigenvalue weighted by molar-refractivity contribution is 5.48. The van der Waals surface area contributed by atoms with Gasteiger partial charge in [0.25, 0.3) is 0 Å². The minimum absolute atomic E-state index is 0.166. The number of aliphatic hydroxyl groups excluding tert-OH is 1. The molecule has 1 aromatic carbocycles. The molecule has 0 spiro atoms. The monoisotopic (exact) mass is 263 g/mol.